The van der Waals surface area contributed by atoms with E-state index in [1.807, 2.05) is 44.2 Å². The summed E-state index contributed by atoms with van der Waals surface area (Å²) in [7, 11) is 3.07. The maximum Gasteiger partial charge on any atom is 0.251 e. The van der Waals surface area contributed by atoms with Crippen LogP contribution in [0.3, 0.4) is 0 Å². The Labute approximate surface area is 130 Å². The van der Waals surface area contributed by atoms with Crippen LogP contribution in [0.1, 0.15) is 19.4 Å². The van der Waals surface area contributed by atoms with E-state index in [0.29, 0.717) is 6.42 Å². The van der Waals surface area contributed by atoms with Gasteiger partial charge in [0.25, 0.3) is 5.91 Å². The molecule has 0 aliphatic carbocycles. The normalized spacial score (nSPS) is 23.2. The first kappa shape index (κ1) is 16.2. The van der Waals surface area contributed by atoms with Crippen LogP contribution in [-0.4, -0.2) is 47.7 Å². The van der Waals surface area contributed by atoms with Gasteiger partial charge in [-0.2, -0.15) is 0 Å². The lowest BCUT2D eigenvalue weighted by Gasteiger charge is -2.29. The van der Waals surface area contributed by atoms with Crippen LogP contribution in [0.15, 0.2) is 30.3 Å². The first-order valence-electron chi connectivity index (χ1n) is 7.46. The molecule has 3 amide bonds. The number of carbonyl (C=O) groups excluding carboxylic acids is 3. The predicted octanol–water partition coefficient (Wildman–Crippen LogP) is 1.33. The number of amides is 3. The maximum absolute atomic E-state index is 12.7. The molecule has 1 fully saturated rings. The van der Waals surface area contributed by atoms with Crippen LogP contribution >= 0.6 is 0 Å². The van der Waals surface area contributed by atoms with Crippen molar-refractivity contribution in [3.8, 4) is 0 Å². The van der Waals surface area contributed by atoms with Gasteiger partial charge in [0.05, 0.1) is 0 Å². The van der Waals surface area contributed by atoms with Gasteiger partial charge in [-0.05, 0) is 17.9 Å². The Morgan fingerprint density at radius 2 is 1.55 bits per heavy atom. The predicted molar refractivity (Wildman–Crippen MR) is 82.8 cm³/mol. The molecular weight excluding hydrogens is 280 g/mol. The molecule has 0 radical (unpaired) electrons. The van der Waals surface area contributed by atoms with E-state index in [0.717, 1.165) is 10.5 Å². The Balaban J connectivity index is 2.36. The van der Waals surface area contributed by atoms with Gasteiger partial charge in [0.15, 0.2) is 0 Å². The minimum absolute atomic E-state index is 0.0489. The lowest BCUT2D eigenvalue weighted by Crippen LogP contribution is -2.48. The Kier molecular flexibility index (Phi) is 4.64. The quantitative estimate of drug-likeness (QED) is 0.625. The number of carbonyl (C=O) groups is 3. The van der Waals surface area contributed by atoms with E-state index >= 15 is 0 Å². The fourth-order valence-electron chi connectivity index (χ4n) is 2.95. The minimum atomic E-state index is -0.843. The van der Waals surface area contributed by atoms with Crippen LogP contribution in [0.5, 0.6) is 0 Å². The second-order valence-corrected chi connectivity index (χ2v) is 6.12. The van der Waals surface area contributed by atoms with Gasteiger partial charge in [-0.25, -0.2) is 0 Å². The van der Waals surface area contributed by atoms with Gasteiger partial charge in [0, 0.05) is 14.1 Å². The molecule has 1 aliphatic rings. The van der Waals surface area contributed by atoms with Gasteiger partial charge in [-0.3, -0.25) is 19.3 Å². The van der Waals surface area contributed by atoms with Crippen LogP contribution in [0.2, 0.25) is 0 Å². The van der Waals surface area contributed by atoms with E-state index in [4.69, 9.17) is 0 Å². The third-order valence-corrected chi connectivity index (χ3v) is 4.19. The topological polar surface area (TPSA) is 57.7 Å². The molecular formula is C17H22N2O3. The number of hydrogen-bond donors (Lipinski definition) is 0. The van der Waals surface area contributed by atoms with E-state index in [-0.39, 0.29) is 17.7 Å². The molecule has 5 nitrogen and oxygen atoms in total. The second kappa shape index (κ2) is 6.30. The van der Waals surface area contributed by atoms with Crippen molar-refractivity contribution in [2.24, 2.45) is 11.8 Å². The standard InChI is InChI=1S/C17H22N2O3/c1-11(2)14-17(22)19(4)16(21)13(15(20)18(14)3)10-12-8-6-5-7-9-12/h5-9,11,13-14H,10H2,1-4H3. The largest absolute Gasteiger partial charge is 0.333 e. The van der Waals surface area contributed by atoms with Crippen LogP contribution in [-0.2, 0) is 20.8 Å². The number of rotatable bonds is 3. The average molecular weight is 302 g/mol. The summed E-state index contributed by atoms with van der Waals surface area (Å²) in [6.45, 7) is 3.75. The highest BCUT2D eigenvalue weighted by atomic mass is 16.2. The summed E-state index contributed by atoms with van der Waals surface area (Å²) < 4.78 is 0. The van der Waals surface area contributed by atoms with E-state index in [9.17, 15) is 14.4 Å². The Morgan fingerprint density at radius 3 is 2.09 bits per heavy atom. The smallest absolute Gasteiger partial charge is 0.251 e. The molecule has 2 atom stereocenters. The molecule has 5 heteroatoms. The monoisotopic (exact) mass is 302 g/mol. The fourth-order valence-corrected chi connectivity index (χ4v) is 2.95. The number of imide groups is 1. The van der Waals surface area contributed by atoms with Crippen molar-refractivity contribution in [3.05, 3.63) is 35.9 Å². The Bertz CT molecular complexity index is 583. The van der Waals surface area contributed by atoms with Crippen LogP contribution < -0.4 is 0 Å². The van der Waals surface area contributed by atoms with Gasteiger partial charge >= 0.3 is 0 Å². The number of likely N-dealkylation sites (N-methyl/N-ethyl adjacent to an activating group) is 2. The van der Waals surface area contributed by atoms with E-state index in [1.54, 1.807) is 7.05 Å². The van der Waals surface area contributed by atoms with E-state index in [2.05, 4.69) is 0 Å². The molecule has 22 heavy (non-hydrogen) atoms. The van der Waals surface area contributed by atoms with Crippen molar-refractivity contribution in [3.63, 3.8) is 0 Å². The third-order valence-electron chi connectivity index (χ3n) is 4.19. The zero-order chi connectivity index (χ0) is 16.4. The zero-order valence-electron chi connectivity index (χ0n) is 13.4. The van der Waals surface area contributed by atoms with E-state index in [1.165, 1.54) is 11.9 Å². The number of hydrogen-bond acceptors (Lipinski definition) is 3. The highest BCUT2D eigenvalue weighted by Crippen LogP contribution is 2.23. The van der Waals surface area contributed by atoms with Crippen molar-refractivity contribution >= 4 is 17.7 Å². The molecule has 1 aliphatic heterocycles. The van der Waals surface area contributed by atoms with Gasteiger partial charge in [-0.1, -0.05) is 44.2 Å². The summed E-state index contributed by atoms with van der Waals surface area (Å²) in [6.07, 6.45) is 0.311. The molecule has 0 bridgehead atoms. The summed E-state index contributed by atoms with van der Waals surface area (Å²) in [4.78, 5) is 40.2. The summed E-state index contributed by atoms with van der Waals surface area (Å²) in [5, 5.41) is 0. The molecule has 1 aromatic carbocycles. The SMILES string of the molecule is CC(C)C1C(=O)N(C)C(=O)C(Cc2ccccc2)C(=O)N1C. The Hall–Kier alpha value is -2.17. The van der Waals surface area contributed by atoms with Gasteiger partial charge in [0.1, 0.15) is 12.0 Å². The zero-order valence-corrected chi connectivity index (χ0v) is 13.4. The van der Waals surface area contributed by atoms with Gasteiger partial charge in [0.2, 0.25) is 11.8 Å². The lowest BCUT2D eigenvalue weighted by atomic mass is 9.96. The number of nitrogens with zero attached hydrogens (tertiary/aromatic N) is 2. The fraction of sp³-hybridized carbons (Fsp3) is 0.471. The highest BCUT2D eigenvalue weighted by molar-refractivity contribution is 6.11. The maximum atomic E-state index is 12.7. The summed E-state index contributed by atoms with van der Waals surface area (Å²) in [5.74, 6) is -1.91. The molecule has 0 aromatic heterocycles. The summed E-state index contributed by atoms with van der Waals surface area (Å²) >= 11 is 0. The van der Waals surface area contributed by atoms with Crippen molar-refractivity contribution in [2.45, 2.75) is 26.3 Å². The molecule has 2 unspecified atom stereocenters. The van der Waals surface area contributed by atoms with Crippen LogP contribution in [0.25, 0.3) is 0 Å². The average Bonchev–Trinajstić information content (AvgIpc) is 2.55. The lowest BCUT2D eigenvalue weighted by molar-refractivity contribution is -0.146. The molecule has 0 spiro atoms. The first-order valence-corrected chi connectivity index (χ1v) is 7.46. The molecule has 118 valence electrons. The van der Waals surface area contributed by atoms with Crippen molar-refractivity contribution in [2.75, 3.05) is 14.1 Å². The first-order chi connectivity index (χ1) is 10.3. The molecule has 0 N–H and O–H groups in total. The van der Waals surface area contributed by atoms with E-state index < -0.39 is 17.9 Å². The van der Waals surface area contributed by atoms with Crippen molar-refractivity contribution in [1.29, 1.82) is 0 Å². The molecule has 1 aromatic rings. The third kappa shape index (κ3) is 2.89. The molecule has 1 saturated heterocycles. The van der Waals surface area contributed by atoms with Crippen molar-refractivity contribution < 1.29 is 14.4 Å². The van der Waals surface area contributed by atoms with Gasteiger partial charge < -0.3 is 4.90 Å². The molecule has 1 heterocycles. The van der Waals surface area contributed by atoms with Crippen molar-refractivity contribution in [1.82, 2.24) is 9.80 Å². The Morgan fingerprint density at radius 1 is 0.955 bits per heavy atom. The second-order valence-electron chi connectivity index (χ2n) is 6.12. The van der Waals surface area contributed by atoms with Gasteiger partial charge in [-0.15, -0.1) is 0 Å². The highest BCUT2D eigenvalue weighted by Gasteiger charge is 2.44. The van der Waals surface area contributed by atoms with Crippen LogP contribution in [0.4, 0.5) is 0 Å². The number of benzene rings is 1. The molecule has 0 saturated carbocycles. The molecule has 2 rings (SSSR count). The van der Waals surface area contributed by atoms with Crippen LogP contribution in [0, 0.1) is 11.8 Å². The summed E-state index contributed by atoms with van der Waals surface area (Å²) in [5.41, 5.74) is 0.909. The minimum Gasteiger partial charge on any atom is -0.333 e. The summed E-state index contributed by atoms with van der Waals surface area (Å²) in [6, 6.07) is 8.80.